The van der Waals surface area contributed by atoms with Gasteiger partial charge in [0, 0.05) is 28.0 Å². The standard InChI is InChI=1S/C17H14ClN5S2/c18-16-13(10-12-4-1-2-6-15(12)19-16)11-25-17-20-21-22-23(17)8-7-14-5-3-9-24-14/h1-6,9-10H,7-8,11H2. The Morgan fingerprint density at radius 1 is 1.16 bits per heavy atom. The number of aromatic nitrogens is 5. The molecule has 0 bridgehead atoms. The van der Waals surface area contributed by atoms with Crippen LogP contribution in [0.2, 0.25) is 5.15 Å². The van der Waals surface area contributed by atoms with Gasteiger partial charge in [0.2, 0.25) is 5.16 Å². The van der Waals surface area contributed by atoms with Gasteiger partial charge in [0.05, 0.1) is 12.1 Å². The van der Waals surface area contributed by atoms with Crippen LogP contribution in [0.1, 0.15) is 10.4 Å². The number of benzene rings is 1. The van der Waals surface area contributed by atoms with Gasteiger partial charge in [0.15, 0.2) is 0 Å². The second-order valence-corrected chi connectivity index (χ2v) is 7.77. The number of thioether (sulfide) groups is 1. The number of fused-ring (bicyclic) bond motifs is 1. The molecular formula is C17H14ClN5S2. The molecule has 4 aromatic rings. The van der Waals surface area contributed by atoms with Crippen molar-refractivity contribution in [2.45, 2.75) is 23.9 Å². The largest absolute Gasteiger partial charge is 0.236 e. The summed E-state index contributed by atoms with van der Waals surface area (Å²) in [6.45, 7) is 0.763. The van der Waals surface area contributed by atoms with Crippen molar-refractivity contribution in [1.29, 1.82) is 0 Å². The van der Waals surface area contributed by atoms with Crippen molar-refractivity contribution in [1.82, 2.24) is 25.2 Å². The minimum atomic E-state index is 0.531. The molecule has 0 aliphatic rings. The Balaban J connectivity index is 1.46. The molecule has 126 valence electrons. The highest BCUT2D eigenvalue weighted by atomic mass is 35.5. The van der Waals surface area contributed by atoms with Crippen molar-refractivity contribution in [3.05, 3.63) is 63.4 Å². The molecule has 8 heteroatoms. The van der Waals surface area contributed by atoms with E-state index in [-0.39, 0.29) is 0 Å². The number of aryl methyl sites for hydroxylation is 2. The minimum Gasteiger partial charge on any atom is -0.236 e. The lowest BCUT2D eigenvalue weighted by Gasteiger charge is -2.06. The predicted molar refractivity (Wildman–Crippen MR) is 102 cm³/mol. The van der Waals surface area contributed by atoms with Crippen LogP contribution in [0.4, 0.5) is 0 Å². The normalized spacial score (nSPS) is 11.2. The number of hydrogen-bond donors (Lipinski definition) is 0. The molecule has 0 saturated carbocycles. The highest BCUT2D eigenvalue weighted by Crippen LogP contribution is 2.27. The number of halogens is 1. The smallest absolute Gasteiger partial charge is 0.209 e. The van der Waals surface area contributed by atoms with Crippen LogP contribution in [0.3, 0.4) is 0 Å². The Bertz CT molecular complexity index is 984. The molecule has 0 aliphatic carbocycles. The number of rotatable bonds is 6. The lowest BCUT2D eigenvalue weighted by Crippen LogP contribution is -2.04. The zero-order valence-electron chi connectivity index (χ0n) is 13.2. The molecule has 1 aromatic carbocycles. The fraction of sp³-hybridized carbons (Fsp3) is 0.176. The van der Waals surface area contributed by atoms with Gasteiger partial charge in [-0.3, -0.25) is 0 Å². The first kappa shape index (κ1) is 16.5. The topological polar surface area (TPSA) is 56.5 Å². The van der Waals surface area contributed by atoms with Crippen LogP contribution in [0.25, 0.3) is 10.9 Å². The van der Waals surface area contributed by atoms with Crippen LogP contribution in [0.15, 0.2) is 53.0 Å². The number of pyridine rings is 1. The highest BCUT2D eigenvalue weighted by molar-refractivity contribution is 7.98. The van der Waals surface area contributed by atoms with Crippen LogP contribution >= 0.6 is 34.7 Å². The van der Waals surface area contributed by atoms with Crippen LogP contribution in [0, 0.1) is 0 Å². The molecule has 0 fully saturated rings. The van der Waals surface area contributed by atoms with Crippen LogP contribution < -0.4 is 0 Å². The summed E-state index contributed by atoms with van der Waals surface area (Å²) in [6, 6.07) is 14.2. The summed E-state index contributed by atoms with van der Waals surface area (Å²) < 4.78 is 1.84. The van der Waals surface area contributed by atoms with Gasteiger partial charge >= 0.3 is 0 Å². The number of hydrogen-bond acceptors (Lipinski definition) is 6. The third kappa shape index (κ3) is 3.84. The summed E-state index contributed by atoms with van der Waals surface area (Å²) in [5.41, 5.74) is 1.89. The van der Waals surface area contributed by atoms with Crippen LogP contribution in [0.5, 0.6) is 0 Å². The SMILES string of the molecule is Clc1nc2ccccc2cc1CSc1nnnn1CCc1cccs1. The zero-order valence-corrected chi connectivity index (χ0v) is 15.6. The Hall–Kier alpha value is -1.96. The summed E-state index contributed by atoms with van der Waals surface area (Å²) in [5.74, 6) is 0.677. The molecule has 0 unspecified atom stereocenters. The van der Waals surface area contributed by atoms with E-state index in [1.807, 2.05) is 28.9 Å². The molecule has 3 aromatic heterocycles. The minimum absolute atomic E-state index is 0.531. The predicted octanol–water partition coefficient (Wildman–Crippen LogP) is 4.47. The Morgan fingerprint density at radius 3 is 2.96 bits per heavy atom. The monoisotopic (exact) mass is 387 g/mol. The summed E-state index contributed by atoms with van der Waals surface area (Å²) in [4.78, 5) is 5.79. The molecule has 0 amide bonds. The molecule has 0 atom stereocenters. The maximum Gasteiger partial charge on any atom is 0.209 e. The third-order valence-corrected chi connectivity index (χ3v) is 6.03. The third-order valence-electron chi connectivity index (χ3n) is 3.76. The average Bonchev–Trinajstić information content (AvgIpc) is 3.29. The van der Waals surface area contributed by atoms with Gasteiger partial charge in [-0.1, -0.05) is 47.6 Å². The van der Waals surface area contributed by atoms with Gasteiger partial charge in [-0.05, 0) is 34.0 Å². The average molecular weight is 388 g/mol. The maximum absolute atomic E-state index is 6.33. The van der Waals surface area contributed by atoms with Crippen molar-refractivity contribution in [3.8, 4) is 0 Å². The molecule has 0 N–H and O–H groups in total. The van der Waals surface area contributed by atoms with E-state index in [0.717, 1.165) is 34.6 Å². The lowest BCUT2D eigenvalue weighted by atomic mass is 10.2. The molecular weight excluding hydrogens is 374 g/mol. The second-order valence-electron chi connectivity index (χ2n) is 5.43. The van der Waals surface area contributed by atoms with Crippen molar-refractivity contribution in [2.24, 2.45) is 0 Å². The van der Waals surface area contributed by atoms with E-state index in [1.165, 1.54) is 4.88 Å². The van der Waals surface area contributed by atoms with Crippen molar-refractivity contribution in [2.75, 3.05) is 0 Å². The molecule has 0 spiro atoms. The first-order chi connectivity index (χ1) is 12.3. The Kier molecular flexibility index (Phi) is 4.96. The zero-order chi connectivity index (χ0) is 17.1. The molecule has 0 aliphatic heterocycles. The summed E-state index contributed by atoms with van der Waals surface area (Å²) in [5, 5.41) is 16.5. The molecule has 25 heavy (non-hydrogen) atoms. The fourth-order valence-corrected chi connectivity index (χ4v) is 4.36. The van der Waals surface area contributed by atoms with E-state index in [1.54, 1.807) is 23.1 Å². The Labute approximate surface area is 158 Å². The molecule has 5 nitrogen and oxygen atoms in total. The summed E-state index contributed by atoms with van der Waals surface area (Å²) >= 11 is 9.65. The van der Waals surface area contributed by atoms with Gasteiger partial charge in [0.1, 0.15) is 5.15 Å². The number of tetrazole rings is 1. The number of thiophene rings is 1. The van der Waals surface area contributed by atoms with E-state index < -0.39 is 0 Å². The van der Waals surface area contributed by atoms with Gasteiger partial charge in [-0.2, -0.15) is 0 Å². The van der Waals surface area contributed by atoms with Gasteiger partial charge in [0.25, 0.3) is 0 Å². The fourth-order valence-electron chi connectivity index (χ4n) is 2.49. The van der Waals surface area contributed by atoms with E-state index in [4.69, 9.17) is 11.6 Å². The number of nitrogens with zero attached hydrogens (tertiary/aromatic N) is 5. The summed E-state index contributed by atoms with van der Waals surface area (Å²) in [6.07, 6.45) is 0.925. The van der Waals surface area contributed by atoms with Crippen LogP contribution in [-0.4, -0.2) is 25.2 Å². The van der Waals surface area contributed by atoms with Crippen LogP contribution in [-0.2, 0) is 18.7 Å². The van der Waals surface area contributed by atoms with Gasteiger partial charge < -0.3 is 0 Å². The maximum atomic E-state index is 6.33. The number of para-hydroxylation sites is 1. The molecule has 0 saturated heterocycles. The quantitative estimate of drug-likeness (QED) is 0.361. The van der Waals surface area contributed by atoms with E-state index in [0.29, 0.717) is 10.9 Å². The summed E-state index contributed by atoms with van der Waals surface area (Å²) in [7, 11) is 0. The second kappa shape index (κ2) is 7.51. The molecule has 0 radical (unpaired) electrons. The molecule has 4 rings (SSSR count). The van der Waals surface area contributed by atoms with E-state index in [9.17, 15) is 0 Å². The van der Waals surface area contributed by atoms with E-state index in [2.05, 4.69) is 44.1 Å². The first-order valence-corrected chi connectivity index (χ1v) is 9.99. The molecule has 3 heterocycles. The first-order valence-electron chi connectivity index (χ1n) is 7.75. The van der Waals surface area contributed by atoms with E-state index >= 15 is 0 Å². The highest BCUT2D eigenvalue weighted by Gasteiger charge is 2.11. The van der Waals surface area contributed by atoms with Crippen molar-refractivity contribution in [3.63, 3.8) is 0 Å². The van der Waals surface area contributed by atoms with Crippen molar-refractivity contribution >= 4 is 45.6 Å². The Morgan fingerprint density at radius 2 is 2.08 bits per heavy atom. The van der Waals surface area contributed by atoms with Gasteiger partial charge in [-0.25, -0.2) is 9.67 Å². The van der Waals surface area contributed by atoms with Gasteiger partial charge in [-0.15, -0.1) is 16.4 Å². The lowest BCUT2D eigenvalue weighted by molar-refractivity contribution is 0.550. The van der Waals surface area contributed by atoms with Crippen molar-refractivity contribution < 1.29 is 0 Å².